The van der Waals surface area contributed by atoms with Gasteiger partial charge in [0, 0.05) is 16.6 Å². The summed E-state index contributed by atoms with van der Waals surface area (Å²) in [5.74, 6) is 0.261. The second-order valence-corrected chi connectivity index (χ2v) is 4.15. The van der Waals surface area contributed by atoms with E-state index in [1.165, 1.54) is 6.07 Å². The highest BCUT2D eigenvalue weighted by Gasteiger charge is 2.05. The van der Waals surface area contributed by atoms with Gasteiger partial charge in [0.1, 0.15) is 5.82 Å². The Kier molecular flexibility index (Phi) is 3.19. The Morgan fingerprint density at radius 2 is 2.31 bits per heavy atom. The molecule has 0 saturated carbocycles. The number of rotatable bonds is 3. The smallest absolute Gasteiger partial charge is 0.321 e. The summed E-state index contributed by atoms with van der Waals surface area (Å²) in [5, 5.41) is 6.46. The number of hydrogen-bond donors (Lipinski definition) is 1. The van der Waals surface area contributed by atoms with Crippen LogP contribution in [0.25, 0.3) is 0 Å². The van der Waals surface area contributed by atoms with Crippen molar-refractivity contribution >= 4 is 21.9 Å². The van der Waals surface area contributed by atoms with Gasteiger partial charge in [-0.1, -0.05) is 27.2 Å². The van der Waals surface area contributed by atoms with E-state index in [0.717, 1.165) is 0 Å². The van der Waals surface area contributed by atoms with Crippen LogP contribution in [0, 0.1) is 12.7 Å². The molecule has 16 heavy (non-hydrogen) atoms. The zero-order valence-corrected chi connectivity index (χ0v) is 10.1. The molecule has 0 radical (unpaired) electrons. The van der Waals surface area contributed by atoms with Crippen molar-refractivity contribution in [1.82, 2.24) is 10.1 Å². The Balaban J connectivity index is 2.04. The lowest BCUT2D eigenvalue weighted by atomic mass is 10.2. The van der Waals surface area contributed by atoms with Crippen LogP contribution in [0.15, 0.2) is 27.2 Å². The van der Waals surface area contributed by atoms with Gasteiger partial charge >= 0.3 is 6.01 Å². The van der Waals surface area contributed by atoms with Crippen LogP contribution in [0.2, 0.25) is 0 Å². The van der Waals surface area contributed by atoms with E-state index < -0.39 is 0 Å². The molecule has 84 valence electrons. The maximum absolute atomic E-state index is 13.4. The maximum atomic E-state index is 13.4. The Morgan fingerprint density at radius 1 is 1.50 bits per heavy atom. The predicted molar refractivity (Wildman–Crippen MR) is 60.5 cm³/mol. The number of halogens is 2. The molecule has 0 aliphatic carbocycles. The lowest BCUT2D eigenvalue weighted by Gasteiger charge is -2.03. The third kappa shape index (κ3) is 2.57. The first-order valence-electron chi connectivity index (χ1n) is 4.63. The summed E-state index contributed by atoms with van der Waals surface area (Å²) in [7, 11) is 0. The van der Waals surface area contributed by atoms with Gasteiger partial charge in [0.05, 0.1) is 0 Å². The Labute approximate surface area is 100.0 Å². The molecule has 0 aliphatic heterocycles. The number of anilines is 1. The van der Waals surface area contributed by atoms with Gasteiger partial charge in [0.2, 0.25) is 0 Å². The number of aryl methyl sites for hydroxylation is 1. The average molecular weight is 286 g/mol. The minimum atomic E-state index is -0.280. The van der Waals surface area contributed by atoms with Crippen molar-refractivity contribution in [3.05, 3.63) is 39.9 Å². The fourth-order valence-corrected chi connectivity index (χ4v) is 1.54. The lowest BCUT2D eigenvalue weighted by molar-refractivity contribution is 0.425. The van der Waals surface area contributed by atoms with Crippen LogP contribution in [0.3, 0.4) is 0 Å². The van der Waals surface area contributed by atoms with Crippen LogP contribution in [0.5, 0.6) is 0 Å². The lowest BCUT2D eigenvalue weighted by Crippen LogP contribution is -2.01. The topological polar surface area (TPSA) is 51.0 Å². The summed E-state index contributed by atoms with van der Waals surface area (Å²) >= 11 is 3.19. The number of benzene rings is 1. The molecule has 0 saturated heterocycles. The van der Waals surface area contributed by atoms with E-state index in [1.54, 1.807) is 19.1 Å². The molecule has 4 nitrogen and oxygen atoms in total. The molecular formula is C10H9BrFN3O. The molecule has 2 aromatic rings. The van der Waals surface area contributed by atoms with Crippen LogP contribution in [-0.4, -0.2) is 10.1 Å². The molecule has 1 N–H and O–H groups in total. The van der Waals surface area contributed by atoms with Gasteiger partial charge in [-0.2, -0.15) is 4.98 Å². The van der Waals surface area contributed by atoms with Crippen LogP contribution in [-0.2, 0) is 6.54 Å². The molecule has 0 fully saturated rings. The minimum Gasteiger partial charge on any atom is -0.334 e. The molecule has 6 heteroatoms. The van der Waals surface area contributed by atoms with Crippen molar-refractivity contribution in [2.45, 2.75) is 13.5 Å². The van der Waals surface area contributed by atoms with Crippen LogP contribution in [0.1, 0.15) is 11.4 Å². The molecule has 1 aromatic carbocycles. The van der Waals surface area contributed by atoms with Gasteiger partial charge in [0.25, 0.3) is 0 Å². The molecule has 0 spiro atoms. The summed E-state index contributed by atoms with van der Waals surface area (Å²) in [6.07, 6.45) is 0. The highest BCUT2D eigenvalue weighted by Crippen LogP contribution is 2.16. The van der Waals surface area contributed by atoms with Gasteiger partial charge in [-0.05, 0) is 19.1 Å². The summed E-state index contributed by atoms with van der Waals surface area (Å²) in [6.45, 7) is 2.02. The van der Waals surface area contributed by atoms with E-state index in [-0.39, 0.29) is 5.82 Å². The Bertz CT molecular complexity index is 501. The normalized spacial score (nSPS) is 10.4. The quantitative estimate of drug-likeness (QED) is 0.942. The second kappa shape index (κ2) is 4.61. The Morgan fingerprint density at radius 3 is 2.94 bits per heavy atom. The highest BCUT2D eigenvalue weighted by molar-refractivity contribution is 9.10. The van der Waals surface area contributed by atoms with Crippen molar-refractivity contribution in [3.8, 4) is 0 Å². The van der Waals surface area contributed by atoms with Crippen molar-refractivity contribution in [2.24, 2.45) is 0 Å². The molecule has 0 bridgehead atoms. The summed E-state index contributed by atoms with van der Waals surface area (Å²) in [5.41, 5.74) is 0.541. The molecule has 0 amide bonds. The van der Waals surface area contributed by atoms with Crippen LogP contribution in [0.4, 0.5) is 10.4 Å². The first-order valence-corrected chi connectivity index (χ1v) is 5.42. The first kappa shape index (κ1) is 11.1. The zero-order valence-electron chi connectivity index (χ0n) is 8.50. The molecular weight excluding hydrogens is 277 g/mol. The summed E-state index contributed by atoms with van der Waals surface area (Å²) in [6, 6.07) is 5.17. The standard InChI is InChI=1S/C10H9BrFN3O/c1-6-14-10(16-15-6)13-5-7-2-3-8(11)4-9(7)12/h2-4H,5H2,1H3,(H,13,14,15). The van der Waals surface area contributed by atoms with Crippen LogP contribution >= 0.6 is 15.9 Å². The molecule has 0 atom stereocenters. The molecule has 1 heterocycles. The molecule has 2 rings (SSSR count). The van der Waals surface area contributed by atoms with Crippen molar-refractivity contribution in [1.29, 1.82) is 0 Å². The van der Waals surface area contributed by atoms with Crippen LogP contribution < -0.4 is 5.32 Å². The zero-order chi connectivity index (χ0) is 11.5. The van der Waals surface area contributed by atoms with E-state index in [4.69, 9.17) is 4.52 Å². The number of aromatic nitrogens is 2. The minimum absolute atomic E-state index is 0.280. The molecule has 0 unspecified atom stereocenters. The Hall–Kier alpha value is -1.43. The van der Waals surface area contributed by atoms with E-state index in [1.807, 2.05) is 0 Å². The molecule has 0 aliphatic rings. The fraction of sp³-hybridized carbons (Fsp3) is 0.200. The van der Waals surface area contributed by atoms with Crippen molar-refractivity contribution in [3.63, 3.8) is 0 Å². The fourth-order valence-electron chi connectivity index (χ4n) is 1.20. The third-order valence-corrected chi connectivity index (χ3v) is 2.47. The summed E-state index contributed by atoms with van der Waals surface area (Å²) < 4.78 is 19.0. The molecule has 1 aromatic heterocycles. The van der Waals surface area contributed by atoms with E-state index in [2.05, 4.69) is 31.4 Å². The average Bonchev–Trinajstić information content (AvgIpc) is 2.63. The van der Waals surface area contributed by atoms with Gasteiger partial charge in [-0.25, -0.2) is 4.39 Å². The van der Waals surface area contributed by atoms with E-state index in [0.29, 0.717) is 28.4 Å². The van der Waals surface area contributed by atoms with E-state index in [9.17, 15) is 4.39 Å². The largest absolute Gasteiger partial charge is 0.334 e. The van der Waals surface area contributed by atoms with E-state index >= 15 is 0 Å². The van der Waals surface area contributed by atoms with Crippen molar-refractivity contribution in [2.75, 3.05) is 5.32 Å². The van der Waals surface area contributed by atoms with Gasteiger partial charge in [-0.15, -0.1) is 0 Å². The number of hydrogen-bond acceptors (Lipinski definition) is 4. The predicted octanol–water partition coefficient (Wildman–Crippen LogP) is 2.89. The van der Waals surface area contributed by atoms with Gasteiger partial charge in [0.15, 0.2) is 5.82 Å². The summed E-state index contributed by atoms with van der Waals surface area (Å²) in [4.78, 5) is 3.95. The first-order chi connectivity index (χ1) is 7.65. The SMILES string of the molecule is Cc1noc(NCc2ccc(Br)cc2F)n1. The number of nitrogens with one attached hydrogen (secondary N) is 1. The van der Waals surface area contributed by atoms with Crippen molar-refractivity contribution < 1.29 is 8.91 Å². The number of nitrogens with zero attached hydrogens (tertiary/aromatic N) is 2. The maximum Gasteiger partial charge on any atom is 0.321 e. The second-order valence-electron chi connectivity index (χ2n) is 3.24. The van der Waals surface area contributed by atoms with Gasteiger partial charge in [-0.3, -0.25) is 0 Å². The monoisotopic (exact) mass is 285 g/mol. The van der Waals surface area contributed by atoms with Gasteiger partial charge < -0.3 is 9.84 Å². The highest BCUT2D eigenvalue weighted by atomic mass is 79.9. The third-order valence-electron chi connectivity index (χ3n) is 1.97.